The second-order valence-electron chi connectivity index (χ2n) is 20.8. The van der Waals surface area contributed by atoms with Crippen molar-refractivity contribution in [3.05, 3.63) is 0 Å². The lowest BCUT2D eigenvalue weighted by atomic mass is 9.99. The van der Waals surface area contributed by atoms with Gasteiger partial charge < -0.3 is 14.2 Å². The predicted molar refractivity (Wildman–Crippen MR) is 280 cm³/mol. The molecule has 0 aliphatic rings. The minimum absolute atomic E-state index is 0.0629. The standard InChI is InChI=1S/C59H114O6/c1-6-9-10-11-12-13-22-29-34-39-44-49-57(60)63-52-56(53-64-58(61)50-45-40-35-30-26-25-28-33-38-43-48-55(5)8-3)65-59(62)51-46-41-36-31-24-21-19-17-15-14-16-18-20-23-27-32-37-42-47-54(4)7-2/h54-56H,6-53H2,1-5H3/t54?,55?,56-/m1/s1. The lowest BCUT2D eigenvalue weighted by Gasteiger charge is -2.18. The fourth-order valence-corrected chi connectivity index (χ4v) is 8.99. The summed E-state index contributed by atoms with van der Waals surface area (Å²) < 4.78 is 16.9. The minimum Gasteiger partial charge on any atom is -0.462 e. The molecule has 0 aromatic rings. The molecule has 0 spiro atoms. The molecular formula is C59H114O6. The van der Waals surface area contributed by atoms with Crippen LogP contribution in [-0.2, 0) is 28.6 Å². The number of unbranched alkanes of at least 4 members (excludes halogenated alkanes) is 36. The molecule has 6 heteroatoms. The fourth-order valence-electron chi connectivity index (χ4n) is 8.99. The molecule has 0 aromatic carbocycles. The predicted octanol–water partition coefficient (Wildman–Crippen LogP) is 19.3. The van der Waals surface area contributed by atoms with Gasteiger partial charge >= 0.3 is 17.9 Å². The molecule has 65 heavy (non-hydrogen) atoms. The van der Waals surface area contributed by atoms with Crippen LogP contribution in [0.25, 0.3) is 0 Å². The Morgan fingerprint density at radius 3 is 0.800 bits per heavy atom. The number of rotatable bonds is 53. The highest BCUT2D eigenvalue weighted by molar-refractivity contribution is 5.71. The van der Waals surface area contributed by atoms with Gasteiger partial charge in [-0.25, -0.2) is 0 Å². The van der Waals surface area contributed by atoms with E-state index in [1.165, 1.54) is 218 Å². The summed E-state index contributed by atoms with van der Waals surface area (Å²) in [6.45, 7) is 11.5. The van der Waals surface area contributed by atoms with Gasteiger partial charge in [-0.2, -0.15) is 0 Å². The third-order valence-corrected chi connectivity index (χ3v) is 14.2. The first-order valence-electron chi connectivity index (χ1n) is 29.3. The largest absolute Gasteiger partial charge is 0.462 e. The molecule has 0 amide bonds. The third-order valence-electron chi connectivity index (χ3n) is 14.2. The van der Waals surface area contributed by atoms with E-state index in [0.717, 1.165) is 69.6 Å². The monoisotopic (exact) mass is 919 g/mol. The molecule has 0 bridgehead atoms. The van der Waals surface area contributed by atoms with Crippen molar-refractivity contribution < 1.29 is 28.6 Å². The van der Waals surface area contributed by atoms with Gasteiger partial charge in [-0.15, -0.1) is 0 Å². The molecule has 0 aliphatic carbocycles. The summed E-state index contributed by atoms with van der Waals surface area (Å²) in [5.41, 5.74) is 0. The van der Waals surface area contributed by atoms with E-state index in [4.69, 9.17) is 14.2 Å². The number of carbonyl (C=O) groups is 3. The van der Waals surface area contributed by atoms with Crippen molar-refractivity contribution in [3.63, 3.8) is 0 Å². The topological polar surface area (TPSA) is 78.9 Å². The molecule has 0 radical (unpaired) electrons. The molecule has 0 rings (SSSR count). The summed E-state index contributed by atoms with van der Waals surface area (Å²) in [5, 5.41) is 0. The molecule has 3 atom stereocenters. The molecule has 0 saturated carbocycles. The maximum absolute atomic E-state index is 12.9. The number of hydrogen-bond donors (Lipinski definition) is 0. The molecule has 0 saturated heterocycles. The number of carbonyl (C=O) groups excluding carboxylic acids is 3. The normalized spacial score (nSPS) is 12.9. The average molecular weight is 920 g/mol. The SMILES string of the molecule is CCCCCCCCCCCCCC(=O)OC[C@H](COC(=O)CCCCCCCCCCCCC(C)CC)OC(=O)CCCCCCCCCCCCCCCCCCCCC(C)CC. The van der Waals surface area contributed by atoms with Gasteiger partial charge in [0.25, 0.3) is 0 Å². The Kier molecular flexibility index (Phi) is 50.5. The number of hydrogen-bond acceptors (Lipinski definition) is 6. The Balaban J connectivity index is 4.23. The van der Waals surface area contributed by atoms with Gasteiger partial charge in [-0.3, -0.25) is 14.4 Å². The van der Waals surface area contributed by atoms with Gasteiger partial charge in [0.2, 0.25) is 0 Å². The van der Waals surface area contributed by atoms with E-state index in [9.17, 15) is 14.4 Å². The summed E-state index contributed by atoms with van der Waals surface area (Å²) in [4.78, 5) is 38.1. The summed E-state index contributed by atoms with van der Waals surface area (Å²) in [6, 6.07) is 0. The van der Waals surface area contributed by atoms with Crippen molar-refractivity contribution in [1.82, 2.24) is 0 Å². The van der Waals surface area contributed by atoms with Crippen LogP contribution in [0.3, 0.4) is 0 Å². The van der Waals surface area contributed by atoms with Crippen LogP contribution in [-0.4, -0.2) is 37.2 Å². The molecule has 0 aromatic heterocycles. The molecule has 0 fully saturated rings. The first kappa shape index (κ1) is 63.4. The van der Waals surface area contributed by atoms with E-state index >= 15 is 0 Å². The summed E-state index contributed by atoms with van der Waals surface area (Å²) in [5.74, 6) is 0.938. The second kappa shape index (κ2) is 51.8. The first-order valence-corrected chi connectivity index (χ1v) is 29.3. The van der Waals surface area contributed by atoms with Crippen molar-refractivity contribution >= 4 is 17.9 Å². The Morgan fingerprint density at radius 2 is 0.538 bits per heavy atom. The first-order chi connectivity index (χ1) is 31.8. The minimum atomic E-state index is -0.762. The van der Waals surface area contributed by atoms with E-state index in [2.05, 4.69) is 34.6 Å². The highest BCUT2D eigenvalue weighted by atomic mass is 16.6. The average Bonchev–Trinajstić information content (AvgIpc) is 3.30. The van der Waals surface area contributed by atoms with Crippen molar-refractivity contribution in [3.8, 4) is 0 Å². The van der Waals surface area contributed by atoms with E-state index in [1.807, 2.05) is 0 Å². The van der Waals surface area contributed by atoms with E-state index in [-0.39, 0.29) is 31.1 Å². The zero-order valence-corrected chi connectivity index (χ0v) is 44.6. The summed E-state index contributed by atoms with van der Waals surface area (Å²) >= 11 is 0. The third kappa shape index (κ3) is 50.1. The zero-order valence-electron chi connectivity index (χ0n) is 44.6. The summed E-state index contributed by atoms with van der Waals surface area (Å²) in [6.07, 6.45) is 55.1. The highest BCUT2D eigenvalue weighted by Gasteiger charge is 2.19. The van der Waals surface area contributed by atoms with Crippen LogP contribution in [0.4, 0.5) is 0 Å². The number of ether oxygens (including phenoxy) is 3. The number of esters is 3. The Labute approximate surface area is 406 Å². The zero-order chi connectivity index (χ0) is 47.5. The Morgan fingerprint density at radius 1 is 0.308 bits per heavy atom. The van der Waals surface area contributed by atoms with Crippen LogP contribution in [0, 0.1) is 11.8 Å². The van der Waals surface area contributed by atoms with Crippen molar-refractivity contribution in [2.75, 3.05) is 13.2 Å². The lowest BCUT2D eigenvalue weighted by Crippen LogP contribution is -2.30. The summed E-state index contributed by atoms with van der Waals surface area (Å²) in [7, 11) is 0. The molecule has 386 valence electrons. The smallest absolute Gasteiger partial charge is 0.306 e. The van der Waals surface area contributed by atoms with E-state index < -0.39 is 6.10 Å². The van der Waals surface area contributed by atoms with Crippen molar-refractivity contribution in [1.29, 1.82) is 0 Å². The van der Waals surface area contributed by atoms with Gasteiger partial charge in [0.15, 0.2) is 6.10 Å². The van der Waals surface area contributed by atoms with Crippen LogP contribution < -0.4 is 0 Å². The van der Waals surface area contributed by atoms with Gasteiger partial charge in [0.05, 0.1) is 0 Å². The lowest BCUT2D eigenvalue weighted by molar-refractivity contribution is -0.167. The van der Waals surface area contributed by atoms with Gasteiger partial charge in [0.1, 0.15) is 13.2 Å². The van der Waals surface area contributed by atoms with Crippen LogP contribution in [0.2, 0.25) is 0 Å². The van der Waals surface area contributed by atoms with Crippen LogP contribution in [0.1, 0.15) is 330 Å². The van der Waals surface area contributed by atoms with Crippen molar-refractivity contribution in [2.45, 2.75) is 336 Å². The van der Waals surface area contributed by atoms with Gasteiger partial charge in [0, 0.05) is 19.3 Å². The van der Waals surface area contributed by atoms with Gasteiger partial charge in [-0.1, -0.05) is 291 Å². The molecule has 2 unspecified atom stereocenters. The maximum atomic E-state index is 12.9. The molecule has 0 heterocycles. The Bertz CT molecular complexity index is 997. The highest BCUT2D eigenvalue weighted by Crippen LogP contribution is 2.19. The van der Waals surface area contributed by atoms with Crippen LogP contribution in [0.5, 0.6) is 0 Å². The van der Waals surface area contributed by atoms with E-state index in [0.29, 0.717) is 19.3 Å². The van der Waals surface area contributed by atoms with Crippen LogP contribution >= 0.6 is 0 Å². The molecule has 6 nitrogen and oxygen atoms in total. The fraction of sp³-hybridized carbons (Fsp3) is 0.949. The maximum Gasteiger partial charge on any atom is 0.306 e. The Hall–Kier alpha value is -1.59. The van der Waals surface area contributed by atoms with Gasteiger partial charge in [-0.05, 0) is 31.1 Å². The van der Waals surface area contributed by atoms with Crippen molar-refractivity contribution in [2.24, 2.45) is 11.8 Å². The van der Waals surface area contributed by atoms with E-state index in [1.54, 1.807) is 0 Å². The molecule has 0 aliphatic heterocycles. The molecular weight excluding hydrogens is 805 g/mol. The molecule has 0 N–H and O–H groups in total. The second-order valence-corrected chi connectivity index (χ2v) is 20.8. The van der Waals surface area contributed by atoms with Crippen LogP contribution in [0.15, 0.2) is 0 Å². The quantitative estimate of drug-likeness (QED) is 0.0344.